The van der Waals surface area contributed by atoms with Crippen LogP contribution in [0.3, 0.4) is 0 Å². The zero-order valence-electron chi connectivity index (χ0n) is 11.8. The number of rotatable bonds is 10. The first kappa shape index (κ1) is 16.8. The Kier molecular flexibility index (Phi) is 8.83. The Morgan fingerprint density at radius 1 is 1.10 bits per heavy atom. The second-order valence-corrected chi connectivity index (χ2v) is 4.58. The van der Waals surface area contributed by atoms with E-state index in [1.165, 1.54) is 0 Å². The normalized spacial score (nSPS) is 10.3. The Labute approximate surface area is 125 Å². The predicted molar refractivity (Wildman–Crippen MR) is 78.2 cm³/mol. The first-order valence-corrected chi connectivity index (χ1v) is 7.22. The van der Waals surface area contributed by atoms with E-state index in [-0.39, 0.29) is 11.8 Å². The smallest absolute Gasteiger partial charge is 0.320 e. The Morgan fingerprint density at radius 3 is 2.45 bits per heavy atom. The summed E-state index contributed by atoms with van der Waals surface area (Å²) in [5, 5.41) is 0. The summed E-state index contributed by atoms with van der Waals surface area (Å²) in [6.07, 6.45) is 2.77. The van der Waals surface area contributed by atoms with Gasteiger partial charge in [-0.05, 0) is 37.0 Å². The maximum Gasteiger partial charge on any atom is 0.320 e. The van der Waals surface area contributed by atoms with Crippen LogP contribution >= 0.6 is 11.6 Å². The van der Waals surface area contributed by atoms with Crippen LogP contribution in [0.15, 0.2) is 24.3 Å². The number of carbonyl (C=O) groups excluding carboxylic acids is 1. The predicted octanol–water partition coefficient (Wildman–Crippen LogP) is 3.16. The average molecular weight is 301 g/mol. The number of esters is 1. The molecule has 0 aliphatic heterocycles. The molecule has 0 saturated heterocycles. The Balaban J connectivity index is 1.97. The third-order valence-corrected chi connectivity index (χ3v) is 2.95. The maximum absolute atomic E-state index is 10.8. The van der Waals surface area contributed by atoms with Crippen molar-refractivity contribution < 1.29 is 19.0 Å². The van der Waals surface area contributed by atoms with Crippen LogP contribution in [0.25, 0.3) is 0 Å². The van der Waals surface area contributed by atoms with E-state index < -0.39 is 0 Å². The molecule has 0 amide bonds. The van der Waals surface area contributed by atoms with E-state index in [0.29, 0.717) is 19.8 Å². The largest absolute Gasteiger partial charge is 0.497 e. The fraction of sp³-hybridized carbons (Fsp3) is 0.533. The van der Waals surface area contributed by atoms with Crippen LogP contribution in [0.4, 0.5) is 0 Å². The monoisotopic (exact) mass is 300 g/mol. The molecule has 0 aromatic heterocycles. The summed E-state index contributed by atoms with van der Waals surface area (Å²) in [4.78, 5) is 10.8. The highest BCUT2D eigenvalue weighted by Gasteiger charge is 1.99. The lowest BCUT2D eigenvalue weighted by Crippen LogP contribution is -2.07. The summed E-state index contributed by atoms with van der Waals surface area (Å²) in [5.41, 5.74) is 1.13. The molecule has 20 heavy (non-hydrogen) atoms. The molecule has 0 bridgehead atoms. The summed E-state index contributed by atoms with van der Waals surface area (Å²) in [6.45, 7) is 1.74. The van der Waals surface area contributed by atoms with Crippen LogP contribution < -0.4 is 4.74 Å². The van der Waals surface area contributed by atoms with Crippen molar-refractivity contribution in [2.24, 2.45) is 0 Å². The Morgan fingerprint density at radius 2 is 1.80 bits per heavy atom. The van der Waals surface area contributed by atoms with Gasteiger partial charge in [0.2, 0.25) is 0 Å². The molecule has 5 heteroatoms. The summed E-state index contributed by atoms with van der Waals surface area (Å²) < 4.78 is 15.5. The van der Waals surface area contributed by atoms with E-state index in [0.717, 1.165) is 30.6 Å². The fourth-order valence-corrected chi connectivity index (χ4v) is 1.70. The van der Waals surface area contributed by atoms with Crippen molar-refractivity contribution in [1.82, 2.24) is 0 Å². The van der Waals surface area contributed by atoms with Gasteiger partial charge in [0.15, 0.2) is 0 Å². The number of methoxy groups -OCH3 is 1. The van der Waals surface area contributed by atoms with Gasteiger partial charge < -0.3 is 14.2 Å². The Bertz CT molecular complexity index is 378. The van der Waals surface area contributed by atoms with E-state index in [4.69, 9.17) is 25.8 Å². The molecule has 0 aliphatic rings. The average Bonchev–Trinajstić information content (AvgIpc) is 2.50. The van der Waals surface area contributed by atoms with Crippen molar-refractivity contribution in [2.45, 2.75) is 25.9 Å². The van der Waals surface area contributed by atoms with E-state index in [1.807, 2.05) is 24.3 Å². The van der Waals surface area contributed by atoms with Crippen molar-refractivity contribution in [1.29, 1.82) is 0 Å². The van der Waals surface area contributed by atoms with E-state index in [9.17, 15) is 4.79 Å². The molecule has 4 nitrogen and oxygen atoms in total. The number of halogens is 1. The number of unbranched alkanes of at least 4 members (excludes halogenated alkanes) is 2. The lowest BCUT2D eigenvalue weighted by atomic mass is 10.2. The van der Waals surface area contributed by atoms with Gasteiger partial charge in [-0.15, -0.1) is 11.6 Å². The molecular weight excluding hydrogens is 280 g/mol. The highest BCUT2D eigenvalue weighted by atomic mass is 35.5. The number of hydrogen-bond donors (Lipinski definition) is 0. The van der Waals surface area contributed by atoms with Crippen molar-refractivity contribution in [2.75, 3.05) is 26.2 Å². The van der Waals surface area contributed by atoms with Crippen LogP contribution in [0, 0.1) is 0 Å². The minimum atomic E-state index is -0.359. The molecule has 1 aromatic carbocycles. The molecule has 0 atom stereocenters. The first-order valence-electron chi connectivity index (χ1n) is 6.68. The third-order valence-electron chi connectivity index (χ3n) is 2.73. The molecule has 0 saturated carbocycles. The van der Waals surface area contributed by atoms with Gasteiger partial charge in [-0.25, -0.2) is 0 Å². The molecule has 1 rings (SSSR count). The molecule has 0 radical (unpaired) electrons. The summed E-state index contributed by atoms with van der Waals surface area (Å²) in [7, 11) is 1.65. The maximum atomic E-state index is 10.8. The van der Waals surface area contributed by atoms with Gasteiger partial charge in [-0.2, -0.15) is 0 Å². The van der Waals surface area contributed by atoms with Crippen molar-refractivity contribution in [3.63, 3.8) is 0 Å². The topological polar surface area (TPSA) is 44.8 Å². The van der Waals surface area contributed by atoms with E-state index in [2.05, 4.69) is 0 Å². The van der Waals surface area contributed by atoms with Gasteiger partial charge in [0, 0.05) is 6.61 Å². The van der Waals surface area contributed by atoms with Crippen LogP contribution in [0.2, 0.25) is 0 Å². The van der Waals surface area contributed by atoms with Gasteiger partial charge in [0.25, 0.3) is 0 Å². The van der Waals surface area contributed by atoms with Crippen molar-refractivity contribution in [3.8, 4) is 5.75 Å². The SMILES string of the molecule is COc1ccc(COCCCCCOC(=O)CCl)cc1. The Hall–Kier alpha value is -1.26. The van der Waals surface area contributed by atoms with Crippen LogP contribution in [0.5, 0.6) is 5.75 Å². The van der Waals surface area contributed by atoms with Gasteiger partial charge in [-0.1, -0.05) is 12.1 Å². The summed E-state index contributed by atoms with van der Waals surface area (Å²) in [6, 6.07) is 7.82. The zero-order chi connectivity index (χ0) is 14.6. The van der Waals surface area contributed by atoms with Crippen molar-refractivity contribution in [3.05, 3.63) is 29.8 Å². The second kappa shape index (κ2) is 10.5. The van der Waals surface area contributed by atoms with Gasteiger partial charge in [-0.3, -0.25) is 4.79 Å². The highest BCUT2D eigenvalue weighted by Crippen LogP contribution is 2.12. The van der Waals surface area contributed by atoms with E-state index in [1.54, 1.807) is 7.11 Å². The van der Waals surface area contributed by atoms with Crippen molar-refractivity contribution >= 4 is 17.6 Å². The molecule has 112 valence electrons. The number of alkyl halides is 1. The highest BCUT2D eigenvalue weighted by molar-refractivity contribution is 6.26. The lowest BCUT2D eigenvalue weighted by Gasteiger charge is -2.06. The molecular formula is C15H21ClO4. The first-order chi connectivity index (χ1) is 9.76. The summed E-state index contributed by atoms with van der Waals surface area (Å²) >= 11 is 5.31. The zero-order valence-corrected chi connectivity index (χ0v) is 12.5. The third kappa shape index (κ3) is 7.36. The fourth-order valence-electron chi connectivity index (χ4n) is 1.62. The van der Waals surface area contributed by atoms with Gasteiger partial charge in [0.05, 0.1) is 20.3 Å². The van der Waals surface area contributed by atoms with Gasteiger partial charge in [0.1, 0.15) is 11.6 Å². The minimum absolute atomic E-state index is 0.0784. The second-order valence-electron chi connectivity index (χ2n) is 4.32. The number of carbonyl (C=O) groups is 1. The van der Waals surface area contributed by atoms with Gasteiger partial charge >= 0.3 is 5.97 Å². The standard InChI is InChI=1S/C15H21ClO4/c1-18-14-7-5-13(6-8-14)12-19-9-3-2-4-10-20-15(17)11-16/h5-8H,2-4,9-12H2,1H3. The summed E-state index contributed by atoms with van der Waals surface area (Å²) in [5.74, 6) is 0.410. The lowest BCUT2D eigenvalue weighted by molar-refractivity contribution is -0.140. The quantitative estimate of drug-likeness (QED) is 0.378. The molecule has 0 fully saturated rings. The van der Waals surface area contributed by atoms with Crippen LogP contribution in [0.1, 0.15) is 24.8 Å². The van der Waals surface area contributed by atoms with Crippen LogP contribution in [-0.2, 0) is 20.9 Å². The molecule has 0 spiro atoms. The molecule has 0 heterocycles. The van der Waals surface area contributed by atoms with Crippen LogP contribution in [-0.4, -0.2) is 32.2 Å². The molecule has 0 N–H and O–H groups in total. The molecule has 0 aliphatic carbocycles. The van der Waals surface area contributed by atoms with E-state index >= 15 is 0 Å². The molecule has 0 unspecified atom stereocenters. The number of hydrogen-bond acceptors (Lipinski definition) is 4. The number of ether oxygens (including phenoxy) is 3. The minimum Gasteiger partial charge on any atom is -0.497 e. The number of benzene rings is 1. The molecule has 1 aromatic rings.